The van der Waals surface area contributed by atoms with Gasteiger partial charge in [0, 0.05) is 12.1 Å². The van der Waals surface area contributed by atoms with Crippen LogP contribution in [0.4, 0.5) is 0 Å². The predicted octanol–water partition coefficient (Wildman–Crippen LogP) is 3.60. The van der Waals surface area contributed by atoms with Crippen LogP contribution in [0.3, 0.4) is 0 Å². The van der Waals surface area contributed by atoms with E-state index in [9.17, 15) is 0 Å². The number of hydrogen-bond donors (Lipinski definition) is 1. The van der Waals surface area contributed by atoms with Crippen molar-refractivity contribution in [2.24, 2.45) is 0 Å². The van der Waals surface area contributed by atoms with Crippen LogP contribution in [-0.4, -0.2) is 10.2 Å². The summed E-state index contributed by atoms with van der Waals surface area (Å²) in [5.74, 6) is 0.487. The zero-order valence-corrected chi connectivity index (χ0v) is 10.1. The van der Waals surface area contributed by atoms with Crippen LogP contribution in [0.1, 0.15) is 45.0 Å². The van der Waals surface area contributed by atoms with Gasteiger partial charge in [-0.2, -0.15) is 5.10 Å². The van der Waals surface area contributed by atoms with Crippen LogP contribution in [0.25, 0.3) is 0 Å². The molecule has 0 spiro atoms. The van der Waals surface area contributed by atoms with E-state index < -0.39 is 0 Å². The number of nitrogens with one attached hydrogen (secondary N) is 1. The first-order valence-electron chi connectivity index (χ1n) is 5.36. The Kier molecular flexibility index (Phi) is 3.89. The molecule has 0 unspecified atom stereocenters. The molecule has 0 amide bonds. The van der Waals surface area contributed by atoms with E-state index in [4.69, 9.17) is 0 Å². The van der Waals surface area contributed by atoms with Gasteiger partial charge in [-0.05, 0) is 25.8 Å². The van der Waals surface area contributed by atoms with Gasteiger partial charge >= 0.3 is 0 Å². The van der Waals surface area contributed by atoms with E-state index in [-0.39, 0.29) is 0 Å². The second kappa shape index (κ2) is 4.96. The minimum absolute atomic E-state index is 0.487. The van der Waals surface area contributed by atoms with E-state index in [1.54, 1.807) is 0 Å². The lowest BCUT2D eigenvalue weighted by Crippen LogP contribution is -1.87. The van der Waals surface area contributed by atoms with E-state index in [0.717, 1.165) is 17.7 Å². The van der Waals surface area contributed by atoms with Crippen molar-refractivity contribution in [1.29, 1.82) is 0 Å². The Balaban J connectivity index is 2.69. The first-order chi connectivity index (χ1) is 6.99. The molecule has 82 valence electrons. The summed E-state index contributed by atoms with van der Waals surface area (Å²) in [5.41, 5.74) is 4.71. The Labute approximate surface area is 92.1 Å². The lowest BCUT2D eigenvalue weighted by atomic mass is 10.1. The highest BCUT2D eigenvalue weighted by molar-refractivity contribution is 5.23. The molecule has 0 bridgehead atoms. The molecule has 2 nitrogen and oxygen atoms in total. The summed E-state index contributed by atoms with van der Waals surface area (Å²) in [6, 6.07) is 2.14. The van der Waals surface area contributed by atoms with Crippen LogP contribution in [0, 0.1) is 0 Å². The first kappa shape index (κ1) is 11.8. The molecule has 0 aliphatic heterocycles. The van der Waals surface area contributed by atoms with Crippen molar-refractivity contribution in [2.75, 3.05) is 0 Å². The maximum Gasteiger partial charge on any atom is 0.0650 e. The molecule has 1 N–H and O–H groups in total. The van der Waals surface area contributed by atoms with E-state index in [1.807, 2.05) is 6.92 Å². The number of aromatic nitrogens is 2. The second-order valence-electron chi connectivity index (χ2n) is 4.49. The lowest BCUT2D eigenvalue weighted by Gasteiger charge is -1.98. The van der Waals surface area contributed by atoms with Gasteiger partial charge in [0.05, 0.1) is 5.69 Å². The Hall–Kier alpha value is -1.31. The molecule has 0 aliphatic carbocycles. The van der Waals surface area contributed by atoms with E-state index in [0.29, 0.717) is 5.92 Å². The SMILES string of the molecule is C=C(C)/C=C(\C)Cc1cc(C(C)C)n[nH]1. The third-order valence-corrected chi connectivity index (χ3v) is 2.20. The minimum atomic E-state index is 0.487. The molecule has 0 saturated heterocycles. The highest BCUT2D eigenvalue weighted by atomic mass is 15.1. The van der Waals surface area contributed by atoms with Crippen LogP contribution in [0.15, 0.2) is 29.9 Å². The molecule has 1 heterocycles. The highest BCUT2D eigenvalue weighted by Gasteiger charge is 2.04. The van der Waals surface area contributed by atoms with Crippen LogP contribution in [0.5, 0.6) is 0 Å². The number of rotatable bonds is 4. The number of hydrogen-bond acceptors (Lipinski definition) is 1. The molecular formula is C13H20N2. The molecule has 1 aromatic rings. The number of aromatic amines is 1. The van der Waals surface area contributed by atoms with Gasteiger partial charge in [-0.15, -0.1) is 0 Å². The fraction of sp³-hybridized carbons (Fsp3) is 0.462. The Morgan fingerprint density at radius 3 is 2.67 bits per heavy atom. The number of allylic oxidation sites excluding steroid dienone is 3. The lowest BCUT2D eigenvalue weighted by molar-refractivity contribution is 0.808. The summed E-state index contributed by atoms with van der Waals surface area (Å²) < 4.78 is 0. The van der Waals surface area contributed by atoms with Gasteiger partial charge in [-0.3, -0.25) is 5.10 Å². The van der Waals surface area contributed by atoms with Crippen molar-refractivity contribution in [1.82, 2.24) is 10.2 Å². The van der Waals surface area contributed by atoms with Crippen molar-refractivity contribution >= 4 is 0 Å². The molecule has 0 aromatic carbocycles. The van der Waals surface area contributed by atoms with Crippen molar-refractivity contribution < 1.29 is 0 Å². The molecule has 0 radical (unpaired) electrons. The molecule has 1 aromatic heterocycles. The molecule has 0 atom stereocenters. The summed E-state index contributed by atoms with van der Waals surface area (Å²) in [6.45, 7) is 12.3. The summed E-state index contributed by atoms with van der Waals surface area (Å²) >= 11 is 0. The minimum Gasteiger partial charge on any atom is -0.282 e. The smallest absolute Gasteiger partial charge is 0.0650 e. The fourth-order valence-corrected chi connectivity index (χ4v) is 1.54. The normalized spacial score (nSPS) is 12.2. The van der Waals surface area contributed by atoms with E-state index in [2.05, 4.69) is 49.7 Å². The monoisotopic (exact) mass is 204 g/mol. The average Bonchev–Trinajstić information content (AvgIpc) is 2.50. The topological polar surface area (TPSA) is 28.7 Å². The van der Waals surface area contributed by atoms with Crippen LogP contribution >= 0.6 is 0 Å². The first-order valence-corrected chi connectivity index (χ1v) is 5.36. The number of H-pyrrole nitrogens is 1. The zero-order valence-electron chi connectivity index (χ0n) is 10.1. The van der Waals surface area contributed by atoms with Gasteiger partial charge in [0.1, 0.15) is 0 Å². The standard InChI is InChI=1S/C13H20N2/c1-9(2)6-11(5)7-12-8-13(10(3)4)15-14-12/h6,8,10H,1,7H2,2-5H3,(H,14,15)/b11-6+. The van der Waals surface area contributed by atoms with Gasteiger partial charge in [0.2, 0.25) is 0 Å². The van der Waals surface area contributed by atoms with Gasteiger partial charge < -0.3 is 0 Å². The van der Waals surface area contributed by atoms with E-state index in [1.165, 1.54) is 11.3 Å². The quantitative estimate of drug-likeness (QED) is 0.746. The molecule has 0 aliphatic rings. The number of nitrogens with zero attached hydrogens (tertiary/aromatic N) is 1. The van der Waals surface area contributed by atoms with Gasteiger partial charge in [0.15, 0.2) is 0 Å². The molecule has 0 fully saturated rings. The summed E-state index contributed by atoms with van der Waals surface area (Å²) in [7, 11) is 0. The Morgan fingerprint density at radius 1 is 1.53 bits per heavy atom. The van der Waals surface area contributed by atoms with Crippen LogP contribution in [-0.2, 0) is 6.42 Å². The van der Waals surface area contributed by atoms with Crippen molar-refractivity contribution in [3.05, 3.63) is 41.3 Å². The van der Waals surface area contributed by atoms with Gasteiger partial charge in [-0.25, -0.2) is 0 Å². The van der Waals surface area contributed by atoms with Crippen molar-refractivity contribution in [3.63, 3.8) is 0 Å². The predicted molar refractivity (Wildman–Crippen MR) is 65.0 cm³/mol. The molecular weight excluding hydrogens is 184 g/mol. The maximum atomic E-state index is 4.27. The van der Waals surface area contributed by atoms with Crippen LogP contribution < -0.4 is 0 Å². The van der Waals surface area contributed by atoms with E-state index >= 15 is 0 Å². The molecule has 15 heavy (non-hydrogen) atoms. The molecule has 1 rings (SSSR count). The van der Waals surface area contributed by atoms with Crippen molar-refractivity contribution in [2.45, 2.75) is 40.0 Å². The average molecular weight is 204 g/mol. The van der Waals surface area contributed by atoms with Crippen LogP contribution in [0.2, 0.25) is 0 Å². The zero-order chi connectivity index (χ0) is 11.4. The molecule has 0 saturated carbocycles. The second-order valence-corrected chi connectivity index (χ2v) is 4.49. The largest absolute Gasteiger partial charge is 0.282 e. The third kappa shape index (κ3) is 3.74. The summed E-state index contributed by atoms with van der Waals surface area (Å²) in [6.07, 6.45) is 3.03. The molecule has 2 heteroatoms. The van der Waals surface area contributed by atoms with Crippen molar-refractivity contribution in [3.8, 4) is 0 Å². The Morgan fingerprint density at radius 2 is 2.20 bits per heavy atom. The summed E-state index contributed by atoms with van der Waals surface area (Å²) in [5, 5.41) is 7.34. The van der Waals surface area contributed by atoms with Gasteiger partial charge in [-0.1, -0.05) is 37.6 Å². The maximum absolute atomic E-state index is 4.27. The highest BCUT2D eigenvalue weighted by Crippen LogP contribution is 2.14. The fourth-order valence-electron chi connectivity index (χ4n) is 1.54. The third-order valence-electron chi connectivity index (χ3n) is 2.20. The Bertz CT molecular complexity index is 370. The summed E-state index contributed by atoms with van der Waals surface area (Å²) in [4.78, 5) is 0. The van der Waals surface area contributed by atoms with Gasteiger partial charge in [0.25, 0.3) is 0 Å².